The average molecular weight is 256 g/mol. The van der Waals surface area contributed by atoms with Gasteiger partial charge in [0.05, 0.1) is 11.6 Å². The van der Waals surface area contributed by atoms with Gasteiger partial charge in [0.2, 0.25) is 0 Å². The monoisotopic (exact) mass is 255 g/mol. The lowest BCUT2D eigenvalue weighted by atomic mass is 9.93. The number of hydrogen-bond donors (Lipinski definition) is 0. The topological polar surface area (TPSA) is 33.5 Å². The third-order valence-corrected chi connectivity index (χ3v) is 4.03. The minimum Gasteiger partial charge on any atom is -0.459 e. The van der Waals surface area contributed by atoms with Gasteiger partial charge >= 0.3 is 0 Å². The van der Waals surface area contributed by atoms with Crippen molar-refractivity contribution in [3.05, 3.63) is 23.7 Å². The van der Waals surface area contributed by atoms with E-state index in [2.05, 4.69) is 0 Å². The van der Waals surface area contributed by atoms with Crippen molar-refractivity contribution in [2.24, 2.45) is 0 Å². The van der Waals surface area contributed by atoms with Gasteiger partial charge in [0.25, 0.3) is 5.91 Å². The van der Waals surface area contributed by atoms with E-state index in [9.17, 15) is 4.79 Å². The number of rotatable bonds is 2. The van der Waals surface area contributed by atoms with E-state index in [1.54, 1.807) is 17.2 Å². The van der Waals surface area contributed by atoms with Crippen LogP contribution in [0.15, 0.2) is 16.7 Å². The van der Waals surface area contributed by atoms with E-state index in [1.807, 2.05) is 14.0 Å². The molecule has 0 aromatic carbocycles. The molecule has 3 nitrogen and oxygen atoms in total. The zero-order chi connectivity index (χ0) is 12.4. The Hall–Kier alpha value is -0.960. The molecule has 1 heterocycles. The van der Waals surface area contributed by atoms with E-state index >= 15 is 0 Å². The standard InChI is InChI=1S/C13H18ClNO2/c1-9-7-8-17-12(9)13(16)15(2)11-6-4-3-5-10(11)14/h7-8,10-11H,3-6H2,1-2H3. The average Bonchev–Trinajstić information content (AvgIpc) is 2.74. The third kappa shape index (κ3) is 2.49. The lowest BCUT2D eigenvalue weighted by Gasteiger charge is -2.34. The van der Waals surface area contributed by atoms with Crippen LogP contribution in [-0.2, 0) is 0 Å². The highest BCUT2D eigenvalue weighted by Crippen LogP contribution is 2.27. The number of halogens is 1. The lowest BCUT2D eigenvalue weighted by Crippen LogP contribution is -2.44. The van der Waals surface area contributed by atoms with Gasteiger partial charge in [-0.15, -0.1) is 11.6 Å². The molecule has 1 amide bonds. The first-order chi connectivity index (χ1) is 8.11. The van der Waals surface area contributed by atoms with E-state index in [1.165, 1.54) is 0 Å². The van der Waals surface area contributed by atoms with Gasteiger partial charge in [0.1, 0.15) is 0 Å². The molecule has 0 N–H and O–H groups in total. The van der Waals surface area contributed by atoms with Gasteiger partial charge in [0, 0.05) is 18.7 Å². The largest absolute Gasteiger partial charge is 0.459 e. The Labute approximate surface area is 107 Å². The zero-order valence-electron chi connectivity index (χ0n) is 10.3. The van der Waals surface area contributed by atoms with Crippen LogP contribution >= 0.6 is 11.6 Å². The smallest absolute Gasteiger partial charge is 0.289 e. The molecule has 0 saturated heterocycles. The first-order valence-corrected chi connectivity index (χ1v) is 6.50. The van der Waals surface area contributed by atoms with E-state index in [0.717, 1.165) is 31.2 Å². The van der Waals surface area contributed by atoms with Crippen LogP contribution in [0.1, 0.15) is 41.8 Å². The normalized spacial score (nSPS) is 24.6. The van der Waals surface area contributed by atoms with Crippen LogP contribution in [0.25, 0.3) is 0 Å². The van der Waals surface area contributed by atoms with E-state index < -0.39 is 0 Å². The maximum atomic E-state index is 12.2. The van der Waals surface area contributed by atoms with Crippen LogP contribution < -0.4 is 0 Å². The van der Waals surface area contributed by atoms with E-state index in [4.69, 9.17) is 16.0 Å². The molecule has 0 radical (unpaired) electrons. The molecular formula is C13H18ClNO2. The van der Waals surface area contributed by atoms with Crippen molar-refractivity contribution >= 4 is 17.5 Å². The van der Waals surface area contributed by atoms with Crippen LogP contribution in [0.2, 0.25) is 0 Å². The number of nitrogens with zero attached hydrogens (tertiary/aromatic N) is 1. The molecule has 1 saturated carbocycles. The van der Waals surface area contributed by atoms with Crippen LogP contribution in [0.3, 0.4) is 0 Å². The first-order valence-electron chi connectivity index (χ1n) is 6.06. The Bertz CT molecular complexity index is 402. The molecule has 0 bridgehead atoms. The molecule has 1 fully saturated rings. The number of aryl methyl sites for hydroxylation is 1. The van der Waals surface area contributed by atoms with Crippen molar-refractivity contribution in [3.8, 4) is 0 Å². The fourth-order valence-corrected chi connectivity index (χ4v) is 2.85. The van der Waals surface area contributed by atoms with Gasteiger partial charge in [-0.2, -0.15) is 0 Å². The molecule has 1 aromatic rings. The minimum atomic E-state index is -0.0648. The van der Waals surface area contributed by atoms with Crippen molar-refractivity contribution < 1.29 is 9.21 Å². The Kier molecular flexibility index (Phi) is 3.77. The molecule has 2 rings (SSSR count). The highest BCUT2D eigenvalue weighted by atomic mass is 35.5. The van der Waals surface area contributed by atoms with Crippen LogP contribution in [-0.4, -0.2) is 29.3 Å². The second-order valence-electron chi connectivity index (χ2n) is 4.72. The molecule has 94 valence electrons. The summed E-state index contributed by atoms with van der Waals surface area (Å²) in [7, 11) is 1.82. The molecule has 4 heteroatoms. The summed E-state index contributed by atoms with van der Waals surface area (Å²) in [6.45, 7) is 1.88. The molecule has 1 aromatic heterocycles. The van der Waals surface area contributed by atoms with Crippen molar-refractivity contribution in [1.82, 2.24) is 4.90 Å². The number of furan rings is 1. The Morgan fingerprint density at radius 1 is 1.47 bits per heavy atom. The van der Waals surface area contributed by atoms with Crippen molar-refractivity contribution in [3.63, 3.8) is 0 Å². The fraction of sp³-hybridized carbons (Fsp3) is 0.615. The van der Waals surface area contributed by atoms with Gasteiger partial charge in [-0.3, -0.25) is 4.79 Å². The van der Waals surface area contributed by atoms with Gasteiger partial charge in [-0.25, -0.2) is 0 Å². The van der Waals surface area contributed by atoms with Crippen LogP contribution in [0.5, 0.6) is 0 Å². The summed E-state index contributed by atoms with van der Waals surface area (Å²) in [5.74, 6) is 0.368. The molecular weight excluding hydrogens is 238 g/mol. The highest BCUT2D eigenvalue weighted by Gasteiger charge is 2.31. The predicted molar refractivity (Wildman–Crippen MR) is 67.4 cm³/mol. The number of carbonyl (C=O) groups is 1. The number of hydrogen-bond acceptors (Lipinski definition) is 2. The molecule has 17 heavy (non-hydrogen) atoms. The first kappa shape index (κ1) is 12.5. The number of alkyl halides is 1. The Morgan fingerprint density at radius 3 is 2.76 bits per heavy atom. The number of amides is 1. The predicted octanol–water partition coefficient (Wildman–Crippen LogP) is 3.21. The van der Waals surface area contributed by atoms with Crippen LogP contribution in [0, 0.1) is 6.92 Å². The molecule has 0 aliphatic heterocycles. The quantitative estimate of drug-likeness (QED) is 0.761. The summed E-state index contributed by atoms with van der Waals surface area (Å²) in [4.78, 5) is 14.0. The number of carbonyl (C=O) groups excluding carboxylic acids is 1. The summed E-state index contributed by atoms with van der Waals surface area (Å²) in [5, 5.41) is 0.0629. The molecule has 0 spiro atoms. The second-order valence-corrected chi connectivity index (χ2v) is 5.28. The van der Waals surface area contributed by atoms with E-state index in [-0.39, 0.29) is 17.3 Å². The zero-order valence-corrected chi connectivity index (χ0v) is 11.0. The third-order valence-electron chi connectivity index (χ3n) is 3.52. The maximum absolute atomic E-state index is 12.2. The summed E-state index contributed by atoms with van der Waals surface area (Å²) in [5.41, 5.74) is 0.879. The Balaban J connectivity index is 2.11. The van der Waals surface area contributed by atoms with Crippen molar-refractivity contribution in [1.29, 1.82) is 0 Å². The van der Waals surface area contributed by atoms with Crippen molar-refractivity contribution in [2.75, 3.05) is 7.05 Å². The summed E-state index contributed by atoms with van der Waals surface area (Å²) in [6.07, 6.45) is 5.82. The molecule has 1 aliphatic rings. The van der Waals surface area contributed by atoms with Gasteiger partial charge in [-0.1, -0.05) is 12.8 Å². The SMILES string of the molecule is Cc1ccoc1C(=O)N(C)C1CCCCC1Cl. The van der Waals surface area contributed by atoms with E-state index in [0.29, 0.717) is 5.76 Å². The van der Waals surface area contributed by atoms with Gasteiger partial charge in [0.15, 0.2) is 5.76 Å². The molecule has 1 aliphatic carbocycles. The lowest BCUT2D eigenvalue weighted by molar-refractivity contribution is 0.0667. The molecule has 2 atom stereocenters. The molecule has 2 unspecified atom stereocenters. The van der Waals surface area contributed by atoms with Crippen LogP contribution in [0.4, 0.5) is 0 Å². The minimum absolute atomic E-state index is 0.0629. The fourth-order valence-electron chi connectivity index (χ4n) is 2.40. The summed E-state index contributed by atoms with van der Waals surface area (Å²) in [6, 6.07) is 1.93. The highest BCUT2D eigenvalue weighted by molar-refractivity contribution is 6.21. The second kappa shape index (κ2) is 5.13. The maximum Gasteiger partial charge on any atom is 0.289 e. The van der Waals surface area contributed by atoms with Crippen molar-refractivity contribution in [2.45, 2.75) is 44.0 Å². The summed E-state index contributed by atoms with van der Waals surface area (Å²) >= 11 is 6.30. The Morgan fingerprint density at radius 2 is 2.18 bits per heavy atom. The van der Waals surface area contributed by atoms with Gasteiger partial charge < -0.3 is 9.32 Å². The summed E-state index contributed by atoms with van der Waals surface area (Å²) < 4.78 is 5.24. The van der Waals surface area contributed by atoms with Gasteiger partial charge in [-0.05, 0) is 25.8 Å².